The van der Waals surface area contributed by atoms with Gasteiger partial charge in [0.05, 0.1) is 5.56 Å². The molecule has 1 fully saturated rings. The van der Waals surface area contributed by atoms with Gasteiger partial charge in [0.2, 0.25) is 0 Å². The molecule has 3 nitrogen and oxygen atoms in total. The van der Waals surface area contributed by atoms with Crippen LogP contribution in [0.2, 0.25) is 0 Å². The third-order valence-electron chi connectivity index (χ3n) is 3.85. The van der Waals surface area contributed by atoms with Gasteiger partial charge in [0, 0.05) is 15.5 Å². The second-order valence-electron chi connectivity index (χ2n) is 5.42. The second kappa shape index (κ2) is 7.57. The summed E-state index contributed by atoms with van der Waals surface area (Å²) in [5.74, 6) is 0.747. The van der Waals surface area contributed by atoms with Crippen LogP contribution in [0.4, 0.5) is 0 Å². The van der Waals surface area contributed by atoms with Crippen molar-refractivity contribution >= 4 is 37.8 Å². The summed E-state index contributed by atoms with van der Waals surface area (Å²) in [4.78, 5) is 14.5. The van der Waals surface area contributed by atoms with Gasteiger partial charge in [-0.25, -0.2) is 0 Å². The van der Waals surface area contributed by atoms with Gasteiger partial charge in [0.25, 0.3) is 5.91 Å². The van der Waals surface area contributed by atoms with Crippen molar-refractivity contribution in [1.29, 1.82) is 0 Å². The summed E-state index contributed by atoms with van der Waals surface area (Å²) in [7, 11) is 2.17. The van der Waals surface area contributed by atoms with Gasteiger partial charge >= 0.3 is 0 Å². The van der Waals surface area contributed by atoms with E-state index < -0.39 is 0 Å². The molecular formula is C15H20Br2N2O. The Labute approximate surface area is 137 Å². The molecule has 1 aromatic rings. The van der Waals surface area contributed by atoms with Crippen LogP contribution in [0.15, 0.2) is 27.1 Å². The molecule has 1 N–H and O–H groups in total. The number of rotatable bonds is 4. The highest BCUT2D eigenvalue weighted by Crippen LogP contribution is 2.22. The molecule has 1 amide bonds. The minimum Gasteiger partial charge on any atom is -0.352 e. The van der Waals surface area contributed by atoms with E-state index in [0.29, 0.717) is 5.56 Å². The first kappa shape index (κ1) is 16.0. The summed E-state index contributed by atoms with van der Waals surface area (Å²) in [6.45, 7) is 3.11. The van der Waals surface area contributed by atoms with Crippen LogP contribution in [-0.2, 0) is 0 Å². The number of halogens is 2. The van der Waals surface area contributed by atoms with E-state index in [0.717, 1.165) is 27.8 Å². The molecule has 0 unspecified atom stereocenters. The third kappa shape index (κ3) is 4.57. The SMILES string of the molecule is CN1CCC(CCNC(=O)c2ccc(Br)cc2Br)CC1. The summed E-state index contributed by atoms with van der Waals surface area (Å²) in [5.41, 5.74) is 0.691. The first-order chi connectivity index (χ1) is 9.56. The zero-order valence-electron chi connectivity index (χ0n) is 11.7. The van der Waals surface area contributed by atoms with Gasteiger partial charge < -0.3 is 10.2 Å². The number of carbonyl (C=O) groups is 1. The normalized spacial score (nSPS) is 17.1. The Hall–Kier alpha value is -0.390. The van der Waals surface area contributed by atoms with E-state index in [1.807, 2.05) is 18.2 Å². The predicted octanol–water partition coefficient (Wildman–Crippen LogP) is 3.67. The fourth-order valence-corrected chi connectivity index (χ4v) is 3.74. The molecule has 20 heavy (non-hydrogen) atoms. The maximum atomic E-state index is 12.1. The van der Waals surface area contributed by atoms with E-state index >= 15 is 0 Å². The Bertz CT molecular complexity index is 471. The van der Waals surface area contributed by atoms with Crippen LogP contribution in [0.1, 0.15) is 29.6 Å². The lowest BCUT2D eigenvalue weighted by Gasteiger charge is -2.28. The first-order valence-electron chi connectivity index (χ1n) is 6.98. The summed E-state index contributed by atoms with van der Waals surface area (Å²) in [6.07, 6.45) is 3.57. The molecule has 0 saturated carbocycles. The molecule has 1 heterocycles. The number of benzene rings is 1. The second-order valence-corrected chi connectivity index (χ2v) is 7.19. The molecule has 0 bridgehead atoms. The van der Waals surface area contributed by atoms with Gasteiger partial charge in [0.1, 0.15) is 0 Å². The number of hydrogen-bond acceptors (Lipinski definition) is 2. The molecule has 0 spiro atoms. The smallest absolute Gasteiger partial charge is 0.252 e. The maximum Gasteiger partial charge on any atom is 0.252 e. The standard InChI is InChI=1S/C15H20Br2N2O/c1-19-8-5-11(6-9-19)4-7-18-15(20)13-3-2-12(16)10-14(13)17/h2-3,10-11H,4-9H2,1H3,(H,18,20). The van der Waals surface area contributed by atoms with Crippen molar-refractivity contribution < 1.29 is 4.79 Å². The lowest BCUT2D eigenvalue weighted by Crippen LogP contribution is -2.32. The minimum atomic E-state index is -0.00250. The van der Waals surface area contributed by atoms with Crippen LogP contribution in [0, 0.1) is 5.92 Å². The average molecular weight is 404 g/mol. The molecule has 0 atom stereocenters. The van der Waals surface area contributed by atoms with Gasteiger partial charge in [-0.05, 0) is 79.4 Å². The zero-order chi connectivity index (χ0) is 14.5. The Balaban J connectivity index is 1.77. The molecule has 5 heteroatoms. The molecule has 2 rings (SSSR count). The van der Waals surface area contributed by atoms with Crippen molar-refractivity contribution in [3.63, 3.8) is 0 Å². The van der Waals surface area contributed by atoms with Crippen LogP contribution in [-0.4, -0.2) is 37.5 Å². The van der Waals surface area contributed by atoms with Gasteiger partial charge in [-0.2, -0.15) is 0 Å². The summed E-state index contributed by atoms with van der Waals surface area (Å²) < 4.78 is 1.79. The lowest BCUT2D eigenvalue weighted by atomic mass is 9.94. The van der Waals surface area contributed by atoms with E-state index in [9.17, 15) is 4.79 Å². The average Bonchev–Trinajstić information content (AvgIpc) is 2.41. The quantitative estimate of drug-likeness (QED) is 0.831. The maximum absolute atomic E-state index is 12.1. The predicted molar refractivity (Wildman–Crippen MR) is 89.0 cm³/mol. The van der Waals surface area contributed by atoms with Gasteiger partial charge in [-0.15, -0.1) is 0 Å². The number of hydrogen-bond donors (Lipinski definition) is 1. The molecule has 0 aromatic heterocycles. The number of piperidine rings is 1. The number of nitrogens with one attached hydrogen (secondary N) is 1. The number of likely N-dealkylation sites (tertiary alicyclic amines) is 1. The highest BCUT2D eigenvalue weighted by molar-refractivity contribution is 9.11. The molecular weight excluding hydrogens is 384 g/mol. The Morgan fingerprint density at radius 3 is 2.70 bits per heavy atom. The molecule has 0 radical (unpaired) electrons. The summed E-state index contributed by atoms with van der Waals surface area (Å²) in [5, 5.41) is 3.02. The molecule has 1 aliphatic rings. The van der Waals surface area contributed by atoms with Crippen LogP contribution in [0.25, 0.3) is 0 Å². The first-order valence-corrected chi connectivity index (χ1v) is 8.56. The van der Waals surface area contributed by atoms with Crippen LogP contribution < -0.4 is 5.32 Å². The Morgan fingerprint density at radius 2 is 2.05 bits per heavy atom. The van der Waals surface area contributed by atoms with E-state index in [2.05, 4.69) is 49.1 Å². The van der Waals surface area contributed by atoms with Gasteiger partial charge in [-0.1, -0.05) is 15.9 Å². The van der Waals surface area contributed by atoms with Crippen molar-refractivity contribution in [3.8, 4) is 0 Å². The largest absolute Gasteiger partial charge is 0.352 e. The minimum absolute atomic E-state index is 0.00250. The summed E-state index contributed by atoms with van der Waals surface area (Å²) in [6, 6.07) is 5.61. The van der Waals surface area contributed by atoms with E-state index in [4.69, 9.17) is 0 Å². The molecule has 1 aromatic carbocycles. The Kier molecular flexibility index (Phi) is 6.05. The molecule has 1 aliphatic heterocycles. The highest BCUT2D eigenvalue weighted by Gasteiger charge is 2.17. The Morgan fingerprint density at radius 1 is 1.35 bits per heavy atom. The lowest BCUT2D eigenvalue weighted by molar-refractivity contribution is 0.0948. The van der Waals surface area contributed by atoms with Crippen molar-refractivity contribution in [3.05, 3.63) is 32.7 Å². The number of amides is 1. The van der Waals surface area contributed by atoms with Crippen molar-refractivity contribution in [2.45, 2.75) is 19.3 Å². The van der Waals surface area contributed by atoms with E-state index in [-0.39, 0.29) is 5.91 Å². The van der Waals surface area contributed by atoms with Gasteiger partial charge in [0.15, 0.2) is 0 Å². The van der Waals surface area contributed by atoms with Crippen LogP contribution in [0.3, 0.4) is 0 Å². The van der Waals surface area contributed by atoms with Crippen molar-refractivity contribution in [2.24, 2.45) is 5.92 Å². The number of nitrogens with zero attached hydrogens (tertiary/aromatic N) is 1. The monoisotopic (exact) mass is 402 g/mol. The number of carbonyl (C=O) groups excluding carboxylic acids is 1. The van der Waals surface area contributed by atoms with E-state index in [1.165, 1.54) is 25.9 Å². The zero-order valence-corrected chi connectivity index (χ0v) is 14.8. The molecule has 110 valence electrons. The van der Waals surface area contributed by atoms with Crippen molar-refractivity contribution in [1.82, 2.24) is 10.2 Å². The fraction of sp³-hybridized carbons (Fsp3) is 0.533. The van der Waals surface area contributed by atoms with Crippen LogP contribution in [0.5, 0.6) is 0 Å². The highest BCUT2D eigenvalue weighted by atomic mass is 79.9. The van der Waals surface area contributed by atoms with Crippen molar-refractivity contribution in [2.75, 3.05) is 26.7 Å². The van der Waals surface area contributed by atoms with E-state index in [1.54, 1.807) is 0 Å². The fourth-order valence-electron chi connectivity index (χ4n) is 2.51. The topological polar surface area (TPSA) is 32.3 Å². The third-order valence-corrected chi connectivity index (χ3v) is 5.00. The molecule has 0 aliphatic carbocycles. The molecule has 1 saturated heterocycles. The van der Waals surface area contributed by atoms with Crippen LogP contribution >= 0.6 is 31.9 Å². The summed E-state index contributed by atoms with van der Waals surface area (Å²) >= 11 is 6.82. The van der Waals surface area contributed by atoms with Gasteiger partial charge in [-0.3, -0.25) is 4.79 Å².